The van der Waals surface area contributed by atoms with Crippen LogP contribution in [0.15, 0.2) is 30.6 Å². The zero-order valence-corrected chi connectivity index (χ0v) is 10.6. The minimum absolute atomic E-state index is 0.0354. The number of fused-ring (bicyclic) bond motifs is 1. The van der Waals surface area contributed by atoms with Crippen molar-refractivity contribution in [2.24, 2.45) is 5.84 Å². The van der Waals surface area contributed by atoms with E-state index in [-0.39, 0.29) is 11.5 Å². The fraction of sp³-hybridized carbons (Fsp3) is 0.0769. The molecule has 0 fully saturated rings. The van der Waals surface area contributed by atoms with Gasteiger partial charge in [0.1, 0.15) is 0 Å². The Morgan fingerprint density at radius 2 is 1.85 bits per heavy atom. The number of nitrogens with two attached hydrogens (primary N) is 1. The fourth-order valence-electron chi connectivity index (χ4n) is 1.89. The number of rotatable bonds is 2. The van der Waals surface area contributed by atoms with Gasteiger partial charge >= 0.3 is 0 Å². The molecule has 0 saturated heterocycles. The molecule has 7 heteroatoms. The third kappa shape index (κ3) is 2.04. The van der Waals surface area contributed by atoms with Gasteiger partial charge < -0.3 is 5.43 Å². The highest BCUT2D eigenvalue weighted by Crippen LogP contribution is 2.22. The van der Waals surface area contributed by atoms with Crippen molar-refractivity contribution in [3.05, 3.63) is 42.1 Å². The van der Waals surface area contributed by atoms with Gasteiger partial charge in [-0.1, -0.05) is 0 Å². The summed E-state index contributed by atoms with van der Waals surface area (Å²) >= 11 is 0. The number of aromatic nitrogens is 4. The fourth-order valence-corrected chi connectivity index (χ4v) is 1.89. The van der Waals surface area contributed by atoms with Gasteiger partial charge in [-0.25, -0.2) is 20.2 Å². The lowest BCUT2D eigenvalue weighted by Crippen LogP contribution is -2.13. The molecule has 0 amide bonds. The standard InChI is InChI=1S/C13H11FN6/c1-7-11(14)13(20-15)19-12(18-7)8-2-3-9-10(6-8)17-5-4-16-9/h2-6H,15H2,1H3,(H,18,19,20). The molecule has 0 bridgehead atoms. The highest BCUT2D eigenvalue weighted by Gasteiger charge is 2.12. The number of nitrogens with one attached hydrogen (secondary N) is 1. The summed E-state index contributed by atoms with van der Waals surface area (Å²) in [6, 6.07) is 5.43. The van der Waals surface area contributed by atoms with Crippen LogP contribution in [0.4, 0.5) is 10.2 Å². The van der Waals surface area contributed by atoms with Crippen molar-refractivity contribution in [2.45, 2.75) is 6.92 Å². The third-order valence-corrected chi connectivity index (χ3v) is 2.88. The third-order valence-electron chi connectivity index (χ3n) is 2.88. The summed E-state index contributed by atoms with van der Waals surface area (Å²) in [6.07, 6.45) is 3.23. The van der Waals surface area contributed by atoms with Crippen molar-refractivity contribution in [3.63, 3.8) is 0 Å². The molecule has 6 nitrogen and oxygen atoms in total. The SMILES string of the molecule is Cc1nc(-c2ccc3nccnc3c2)nc(NN)c1F. The minimum atomic E-state index is -0.558. The van der Waals surface area contributed by atoms with Crippen LogP contribution in [0, 0.1) is 12.7 Å². The molecule has 0 spiro atoms. The molecule has 0 radical (unpaired) electrons. The molecule has 1 aromatic carbocycles. The Morgan fingerprint density at radius 3 is 2.60 bits per heavy atom. The molecular formula is C13H11FN6. The average Bonchev–Trinajstić information content (AvgIpc) is 2.49. The monoisotopic (exact) mass is 270 g/mol. The van der Waals surface area contributed by atoms with Gasteiger partial charge in [-0.05, 0) is 25.1 Å². The Kier molecular flexibility index (Phi) is 2.96. The van der Waals surface area contributed by atoms with Crippen LogP contribution < -0.4 is 11.3 Å². The van der Waals surface area contributed by atoms with Gasteiger partial charge in [0.2, 0.25) is 0 Å². The van der Waals surface area contributed by atoms with Crippen molar-refractivity contribution in [2.75, 3.05) is 5.43 Å². The van der Waals surface area contributed by atoms with Gasteiger partial charge in [0.25, 0.3) is 0 Å². The predicted octanol–water partition coefficient (Wildman–Crippen LogP) is 1.82. The molecule has 20 heavy (non-hydrogen) atoms. The van der Waals surface area contributed by atoms with Gasteiger partial charge in [-0.15, -0.1) is 0 Å². The molecule has 0 saturated carbocycles. The van der Waals surface area contributed by atoms with Crippen LogP contribution >= 0.6 is 0 Å². The number of hydrogen-bond acceptors (Lipinski definition) is 6. The summed E-state index contributed by atoms with van der Waals surface area (Å²) in [5.74, 6) is 5.04. The van der Waals surface area contributed by atoms with E-state index in [1.807, 2.05) is 12.1 Å². The number of nitrogens with zero attached hydrogens (tertiary/aromatic N) is 4. The lowest BCUT2D eigenvalue weighted by atomic mass is 10.1. The van der Waals surface area contributed by atoms with Gasteiger partial charge in [-0.2, -0.15) is 0 Å². The smallest absolute Gasteiger partial charge is 0.187 e. The van der Waals surface area contributed by atoms with E-state index in [0.29, 0.717) is 5.82 Å². The van der Waals surface area contributed by atoms with Gasteiger partial charge in [0.15, 0.2) is 17.5 Å². The molecule has 3 aromatic rings. The second-order valence-corrected chi connectivity index (χ2v) is 4.20. The van der Waals surface area contributed by atoms with E-state index in [9.17, 15) is 4.39 Å². The first kappa shape index (κ1) is 12.4. The zero-order chi connectivity index (χ0) is 14.1. The summed E-state index contributed by atoms with van der Waals surface area (Å²) in [5.41, 5.74) is 4.66. The van der Waals surface area contributed by atoms with Crippen molar-refractivity contribution in [1.29, 1.82) is 0 Å². The molecule has 2 heterocycles. The Bertz CT molecular complexity index is 789. The summed E-state index contributed by atoms with van der Waals surface area (Å²) in [7, 11) is 0. The summed E-state index contributed by atoms with van der Waals surface area (Å²) in [4.78, 5) is 16.6. The van der Waals surface area contributed by atoms with E-state index in [1.165, 1.54) is 0 Å². The quantitative estimate of drug-likeness (QED) is 0.545. The van der Waals surface area contributed by atoms with Crippen molar-refractivity contribution >= 4 is 16.9 Å². The lowest BCUT2D eigenvalue weighted by molar-refractivity contribution is 0.606. The minimum Gasteiger partial charge on any atom is -0.306 e. The van der Waals surface area contributed by atoms with Gasteiger partial charge in [0, 0.05) is 18.0 Å². The molecule has 0 atom stereocenters. The van der Waals surface area contributed by atoms with Gasteiger partial charge in [-0.3, -0.25) is 9.97 Å². The van der Waals surface area contributed by atoms with Crippen LogP contribution in [0.1, 0.15) is 5.69 Å². The zero-order valence-electron chi connectivity index (χ0n) is 10.6. The molecule has 0 aliphatic heterocycles. The van der Waals surface area contributed by atoms with E-state index < -0.39 is 5.82 Å². The van der Waals surface area contributed by atoms with Crippen molar-refractivity contribution < 1.29 is 4.39 Å². The Balaban J connectivity index is 2.17. The first-order chi connectivity index (χ1) is 9.69. The number of hydrazine groups is 1. The number of nitrogen functional groups attached to an aromatic ring is 1. The normalized spacial score (nSPS) is 10.8. The molecule has 0 aliphatic rings. The maximum Gasteiger partial charge on any atom is 0.187 e. The van der Waals surface area contributed by atoms with Crippen molar-refractivity contribution in [3.8, 4) is 11.4 Å². The molecule has 3 N–H and O–H groups in total. The first-order valence-corrected chi connectivity index (χ1v) is 5.91. The summed E-state index contributed by atoms with van der Waals surface area (Å²) < 4.78 is 13.7. The van der Waals surface area contributed by atoms with Crippen molar-refractivity contribution in [1.82, 2.24) is 19.9 Å². The molecule has 0 aliphatic carbocycles. The van der Waals surface area contributed by atoms with E-state index in [0.717, 1.165) is 16.6 Å². The highest BCUT2D eigenvalue weighted by atomic mass is 19.1. The van der Waals surface area contributed by atoms with E-state index in [2.05, 4.69) is 25.4 Å². The molecule has 2 aromatic heterocycles. The van der Waals surface area contributed by atoms with Gasteiger partial charge in [0.05, 0.1) is 16.7 Å². The Labute approximate surface area is 113 Å². The van der Waals surface area contributed by atoms with Crippen LogP contribution in [0.5, 0.6) is 0 Å². The average molecular weight is 270 g/mol. The topological polar surface area (TPSA) is 89.6 Å². The number of benzene rings is 1. The highest BCUT2D eigenvalue weighted by molar-refractivity contribution is 5.79. The predicted molar refractivity (Wildman–Crippen MR) is 73.1 cm³/mol. The summed E-state index contributed by atoms with van der Waals surface area (Å²) in [6.45, 7) is 1.56. The summed E-state index contributed by atoms with van der Waals surface area (Å²) in [5, 5.41) is 0. The Morgan fingerprint density at radius 1 is 1.10 bits per heavy atom. The largest absolute Gasteiger partial charge is 0.306 e. The van der Waals surface area contributed by atoms with Crippen LogP contribution in [0.25, 0.3) is 22.4 Å². The number of anilines is 1. The molecular weight excluding hydrogens is 259 g/mol. The van der Waals surface area contributed by atoms with Crippen LogP contribution in [-0.2, 0) is 0 Å². The van der Waals surface area contributed by atoms with E-state index in [4.69, 9.17) is 5.84 Å². The Hall–Kier alpha value is -2.67. The van der Waals surface area contributed by atoms with E-state index in [1.54, 1.807) is 25.4 Å². The van der Waals surface area contributed by atoms with Crippen LogP contribution in [0.2, 0.25) is 0 Å². The molecule has 3 rings (SSSR count). The van der Waals surface area contributed by atoms with Crippen LogP contribution in [0.3, 0.4) is 0 Å². The number of hydrogen-bond donors (Lipinski definition) is 2. The number of halogens is 1. The molecule has 0 unspecified atom stereocenters. The first-order valence-electron chi connectivity index (χ1n) is 5.91. The molecule has 100 valence electrons. The second-order valence-electron chi connectivity index (χ2n) is 4.20. The van der Waals surface area contributed by atoms with Crippen LogP contribution in [-0.4, -0.2) is 19.9 Å². The number of aryl methyl sites for hydroxylation is 1. The lowest BCUT2D eigenvalue weighted by Gasteiger charge is -2.07. The van der Waals surface area contributed by atoms with E-state index >= 15 is 0 Å². The maximum atomic E-state index is 13.7. The second kappa shape index (κ2) is 4.78. The maximum absolute atomic E-state index is 13.7.